The van der Waals surface area contributed by atoms with Gasteiger partial charge in [-0.3, -0.25) is 0 Å². The van der Waals surface area contributed by atoms with E-state index < -0.39 is 0 Å². The summed E-state index contributed by atoms with van der Waals surface area (Å²) in [6.45, 7) is 5.82. The SMILES string of the molecule is CCCc1ccc(Oc2nc(C)nc(N)c2C)cc1. The first-order valence-electron chi connectivity index (χ1n) is 6.47. The summed E-state index contributed by atoms with van der Waals surface area (Å²) in [5.41, 5.74) is 7.88. The summed E-state index contributed by atoms with van der Waals surface area (Å²) in [7, 11) is 0. The summed E-state index contributed by atoms with van der Waals surface area (Å²) in [6.07, 6.45) is 2.22. The Kier molecular flexibility index (Phi) is 4.00. The van der Waals surface area contributed by atoms with E-state index in [1.165, 1.54) is 5.56 Å². The molecule has 2 rings (SSSR count). The lowest BCUT2D eigenvalue weighted by Crippen LogP contribution is -2.02. The zero-order chi connectivity index (χ0) is 13.8. The first-order valence-corrected chi connectivity index (χ1v) is 6.47. The second-order valence-electron chi connectivity index (χ2n) is 4.58. The lowest BCUT2D eigenvalue weighted by atomic mass is 10.1. The third-order valence-electron chi connectivity index (χ3n) is 2.93. The average Bonchev–Trinajstić information content (AvgIpc) is 2.38. The van der Waals surface area contributed by atoms with Crippen molar-refractivity contribution in [1.82, 2.24) is 9.97 Å². The molecule has 0 aliphatic carbocycles. The van der Waals surface area contributed by atoms with Crippen LogP contribution in [0.5, 0.6) is 11.6 Å². The van der Waals surface area contributed by atoms with Gasteiger partial charge in [-0.2, -0.15) is 4.98 Å². The Balaban J connectivity index is 2.21. The van der Waals surface area contributed by atoms with Crippen molar-refractivity contribution < 1.29 is 4.74 Å². The van der Waals surface area contributed by atoms with Gasteiger partial charge >= 0.3 is 0 Å². The highest BCUT2D eigenvalue weighted by Crippen LogP contribution is 2.25. The summed E-state index contributed by atoms with van der Waals surface area (Å²) in [4.78, 5) is 8.37. The van der Waals surface area contributed by atoms with Crippen molar-refractivity contribution in [3.8, 4) is 11.6 Å². The molecular formula is C15H19N3O. The molecule has 0 unspecified atom stereocenters. The summed E-state index contributed by atoms with van der Waals surface area (Å²) in [5.74, 6) is 2.36. The zero-order valence-corrected chi connectivity index (χ0v) is 11.6. The quantitative estimate of drug-likeness (QED) is 0.911. The Morgan fingerprint density at radius 1 is 1.11 bits per heavy atom. The maximum atomic E-state index is 5.81. The van der Waals surface area contributed by atoms with Crippen molar-refractivity contribution in [2.75, 3.05) is 5.73 Å². The molecular weight excluding hydrogens is 238 g/mol. The van der Waals surface area contributed by atoms with Crippen molar-refractivity contribution in [2.45, 2.75) is 33.6 Å². The van der Waals surface area contributed by atoms with Crippen LogP contribution in [0.2, 0.25) is 0 Å². The predicted octanol–water partition coefficient (Wildman–Crippen LogP) is 3.42. The molecule has 0 radical (unpaired) electrons. The van der Waals surface area contributed by atoms with Crippen LogP contribution in [0.3, 0.4) is 0 Å². The van der Waals surface area contributed by atoms with Crippen molar-refractivity contribution in [3.63, 3.8) is 0 Å². The number of hydrogen-bond acceptors (Lipinski definition) is 4. The van der Waals surface area contributed by atoms with Crippen molar-refractivity contribution >= 4 is 5.82 Å². The van der Waals surface area contributed by atoms with Gasteiger partial charge in [0.15, 0.2) is 0 Å². The van der Waals surface area contributed by atoms with Gasteiger partial charge in [0.1, 0.15) is 17.4 Å². The number of anilines is 1. The summed E-state index contributed by atoms with van der Waals surface area (Å²) < 4.78 is 5.77. The topological polar surface area (TPSA) is 61.0 Å². The lowest BCUT2D eigenvalue weighted by molar-refractivity contribution is 0.456. The van der Waals surface area contributed by atoms with Gasteiger partial charge in [-0.15, -0.1) is 0 Å². The number of benzene rings is 1. The molecule has 1 aromatic carbocycles. The molecule has 0 saturated heterocycles. The predicted molar refractivity (Wildman–Crippen MR) is 76.4 cm³/mol. The van der Waals surface area contributed by atoms with E-state index in [9.17, 15) is 0 Å². The minimum absolute atomic E-state index is 0.463. The van der Waals surface area contributed by atoms with Gasteiger partial charge in [0, 0.05) is 0 Å². The highest BCUT2D eigenvalue weighted by Gasteiger charge is 2.08. The Labute approximate surface area is 113 Å². The van der Waals surface area contributed by atoms with Crippen LogP contribution < -0.4 is 10.5 Å². The minimum atomic E-state index is 0.463. The molecule has 0 spiro atoms. The highest BCUT2D eigenvalue weighted by atomic mass is 16.5. The molecule has 0 atom stereocenters. The number of nitrogens with zero attached hydrogens (tertiary/aromatic N) is 2. The molecule has 1 aromatic heterocycles. The molecule has 100 valence electrons. The minimum Gasteiger partial charge on any atom is -0.439 e. The third kappa shape index (κ3) is 3.22. The lowest BCUT2D eigenvalue weighted by Gasteiger charge is -2.10. The smallest absolute Gasteiger partial charge is 0.227 e. The number of hydrogen-bond donors (Lipinski definition) is 1. The number of nitrogens with two attached hydrogens (primary N) is 1. The molecule has 0 saturated carbocycles. The van der Waals surface area contributed by atoms with Crippen LogP contribution in [0.25, 0.3) is 0 Å². The van der Waals surface area contributed by atoms with Gasteiger partial charge in [0.2, 0.25) is 5.88 Å². The van der Waals surface area contributed by atoms with Crippen LogP contribution in [-0.2, 0) is 6.42 Å². The fourth-order valence-electron chi connectivity index (χ4n) is 1.85. The Hall–Kier alpha value is -2.10. The molecule has 0 bridgehead atoms. The molecule has 2 N–H and O–H groups in total. The van der Waals surface area contributed by atoms with E-state index in [1.54, 1.807) is 6.92 Å². The average molecular weight is 257 g/mol. The van der Waals surface area contributed by atoms with E-state index in [2.05, 4.69) is 29.0 Å². The normalized spacial score (nSPS) is 10.5. The van der Waals surface area contributed by atoms with Crippen LogP contribution >= 0.6 is 0 Å². The van der Waals surface area contributed by atoms with Crippen molar-refractivity contribution in [2.24, 2.45) is 0 Å². The monoisotopic (exact) mass is 257 g/mol. The maximum absolute atomic E-state index is 5.81. The first-order chi connectivity index (χ1) is 9.10. The van der Waals surface area contributed by atoms with Gasteiger partial charge in [0.25, 0.3) is 0 Å². The Morgan fingerprint density at radius 2 is 1.79 bits per heavy atom. The summed E-state index contributed by atoms with van der Waals surface area (Å²) in [6, 6.07) is 8.06. The third-order valence-corrected chi connectivity index (χ3v) is 2.93. The van der Waals surface area contributed by atoms with Crippen LogP contribution in [0.1, 0.15) is 30.3 Å². The summed E-state index contributed by atoms with van der Waals surface area (Å²) in [5, 5.41) is 0. The van der Waals surface area contributed by atoms with E-state index in [-0.39, 0.29) is 0 Å². The standard InChI is InChI=1S/C15H19N3O/c1-4-5-12-6-8-13(9-7-12)19-15-10(2)14(16)17-11(3)18-15/h6-9H,4-5H2,1-3H3,(H2,16,17,18). The Bertz CT molecular complexity index is 564. The number of aromatic nitrogens is 2. The van der Waals surface area contributed by atoms with Crippen LogP contribution in [0.15, 0.2) is 24.3 Å². The van der Waals surface area contributed by atoms with Crippen LogP contribution in [0.4, 0.5) is 5.82 Å². The fraction of sp³-hybridized carbons (Fsp3) is 0.333. The van der Waals surface area contributed by atoms with Crippen molar-refractivity contribution in [1.29, 1.82) is 0 Å². The van der Waals surface area contributed by atoms with E-state index in [4.69, 9.17) is 10.5 Å². The zero-order valence-electron chi connectivity index (χ0n) is 11.6. The maximum Gasteiger partial charge on any atom is 0.227 e. The second kappa shape index (κ2) is 5.69. The van der Waals surface area contributed by atoms with Crippen LogP contribution in [-0.4, -0.2) is 9.97 Å². The molecule has 4 heteroatoms. The van der Waals surface area contributed by atoms with Gasteiger partial charge in [-0.25, -0.2) is 4.98 Å². The van der Waals surface area contributed by atoms with Gasteiger partial charge in [-0.1, -0.05) is 25.5 Å². The number of ether oxygens (including phenoxy) is 1. The first kappa shape index (κ1) is 13.3. The van der Waals surface area contributed by atoms with Gasteiger partial charge < -0.3 is 10.5 Å². The number of rotatable bonds is 4. The molecule has 0 amide bonds. The molecule has 19 heavy (non-hydrogen) atoms. The van der Waals surface area contributed by atoms with Gasteiger partial charge in [0.05, 0.1) is 5.56 Å². The number of nitrogen functional groups attached to an aromatic ring is 1. The Morgan fingerprint density at radius 3 is 2.42 bits per heavy atom. The molecule has 2 aromatic rings. The molecule has 0 aliphatic rings. The highest BCUT2D eigenvalue weighted by molar-refractivity contribution is 5.45. The molecule has 4 nitrogen and oxygen atoms in total. The fourth-order valence-corrected chi connectivity index (χ4v) is 1.85. The largest absolute Gasteiger partial charge is 0.439 e. The molecule has 0 fully saturated rings. The summed E-state index contributed by atoms with van der Waals surface area (Å²) >= 11 is 0. The van der Waals surface area contributed by atoms with E-state index >= 15 is 0 Å². The van der Waals surface area contributed by atoms with Crippen molar-refractivity contribution in [3.05, 3.63) is 41.2 Å². The van der Waals surface area contributed by atoms with E-state index in [0.29, 0.717) is 17.5 Å². The van der Waals surface area contributed by atoms with E-state index in [1.807, 2.05) is 19.1 Å². The number of aryl methyl sites for hydroxylation is 2. The second-order valence-corrected chi connectivity index (χ2v) is 4.58. The molecule has 0 aliphatic heterocycles. The van der Waals surface area contributed by atoms with Crippen LogP contribution in [0, 0.1) is 13.8 Å². The molecule has 1 heterocycles. The van der Waals surface area contributed by atoms with E-state index in [0.717, 1.165) is 24.2 Å². The van der Waals surface area contributed by atoms with Gasteiger partial charge in [-0.05, 0) is 38.0 Å².